The van der Waals surface area contributed by atoms with Crippen LogP contribution in [0.4, 0.5) is 0 Å². The van der Waals surface area contributed by atoms with Crippen LogP contribution in [0.1, 0.15) is 67.7 Å². The van der Waals surface area contributed by atoms with Gasteiger partial charge in [-0.25, -0.2) is 14.6 Å². The highest BCUT2D eigenvalue weighted by atomic mass is 79.9. The lowest BCUT2D eigenvalue weighted by Gasteiger charge is -2.25. The molecule has 2 heterocycles. The van der Waals surface area contributed by atoms with Gasteiger partial charge in [-0.3, -0.25) is 9.36 Å². The van der Waals surface area contributed by atoms with Crippen LogP contribution in [0, 0.1) is 0 Å². The predicted octanol–water partition coefficient (Wildman–Crippen LogP) is 6.12. The van der Waals surface area contributed by atoms with E-state index in [1.807, 2.05) is 26.0 Å². The van der Waals surface area contributed by atoms with Crippen molar-refractivity contribution in [1.82, 2.24) is 4.57 Å². The zero-order valence-corrected chi connectivity index (χ0v) is 31.8. The molecule has 0 unspecified atom stereocenters. The first kappa shape index (κ1) is 37.4. The Kier molecular flexibility index (Phi) is 12.0. The monoisotopic (exact) mass is 778 g/mol. The molecule has 0 spiro atoms. The first-order chi connectivity index (χ1) is 24.5. The van der Waals surface area contributed by atoms with Gasteiger partial charge in [-0.1, -0.05) is 45.5 Å². The number of fused-ring (bicyclic) bond motifs is 1. The highest BCUT2D eigenvalue weighted by molar-refractivity contribution is 9.10. The van der Waals surface area contributed by atoms with Gasteiger partial charge in [0.2, 0.25) is 0 Å². The van der Waals surface area contributed by atoms with Crippen LogP contribution < -0.4 is 33.8 Å². The maximum absolute atomic E-state index is 14.4. The molecule has 0 radical (unpaired) electrons. The van der Waals surface area contributed by atoms with Gasteiger partial charge in [0.25, 0.3) is 5.56 Å². The van der Waals surface area contributed by atoms with Crippen molar-refractivity contribution in [3.8, 4) is 23.0 Å². The lowest BCUT2D eigenvalue weighted by atomic mass is 9.95. The number of ether oxygens (including phenoxy) is 6. The molecule has 3 aromatic carbocycles. The largest absolute Gasteiger partial charge is 0.493 e. The summed E-state index contributed by atoms with van der Waals surface area (Å²) in [5.41, 5.74) is 2.77. The molecule has 1 aromatic heterocycles. The summed E-state index contributed by atoms with van der Waals surface area (Å²) in [7, 11) is 3.07. The molecule has 0 saturated carbocycles. The molecule has 0 bridgehead atoms. The molecule has 268 valence electrons. The highest BCUT2D eigenvalue weighted by Gasteiger charge is 2.34. The van der Waals surface area contributed by atoms with Crippen molar-refractivity contribution in [1.29, 1.82) is 0 Å². The Hall–Kier alpha value is -4.88. The van der Waals surface area contributed by atoms with Gasteiger partial charge in [-0.05, 0) is 88.2 Å². The van der Waals surface area contributed by atoms with Crippen molar-refractivity contribution < 1.29 is 38.0 Å². The summed E-state index contributed by atoms with van der Waals surface area (Å²) < 4.78 is 36.6. The normalized spacial score (nSPS) is 14.1. The number of carbonyl (C=O) groups excluding carboxylic acids is 2. The number of hydrogen-bond acceptors (Lipinski definition) is 11. The molecule has 51 heavy (non-hydrogen) atoms. The summed E-state index contributed by atoms with van der Waals surface area (Å²) >= 11 is 4.74. The number of aromatic nitrogens is 1. The Morgan fingerprint density at radius 3 is 2.27 bits per heavy atom. The second kappa shape index (κ2) is 16.4. The topological polar surface area (TPSA) is 124 Å². The van der Waals surface area contributed by atoms with E-state index in [0.717, 1.165) is 5.56 Å². The molecular formula is C38H39BrN2O9S. The summed E-state index contributed by atoms with van der Waals surface area (Å²) in [6, 6.07) is 15.0. The van der Waals surface area contributed by atoms with Crippen molar-refractivity contribution in [3.05, 3.63) is 112 Å². The first-order valence-corrected chi connectivity index (χ1v) is 17.9. The third-order valence-electron chi connectivity index (χ3n) is 7.79. The minimum atomic E-state index is -0.852. The Bertz CT molecular complexity index is 2150. The van der Waals surface area contributed by atoms with Crippen LogP contribution in [0.5, 0.6) is 23.0 Å². The Morgan fingerprint density at radius 1 is 0.941 bits per heavy atom. The average Bonchev–Trinajstić information content (AvgIpc) is 3.40. The maximum atomic E-state index is 14.4. The number of esters is 2. The number of thiazole rings is 1. The molecule has 0 fully saturated rings. The van der Waals surface area contributed by atoms with E-state index in [9.17, 15) is 14.4 Å². The number of halogens is 1. The van der Waals surface area contributed by atoms with Crippen LogP contribution in [0.2, 0.25) is 0 Å². The van der Waals surface area contributed by atoms with Crippen molar-refractivity contribution in [2.24, 2.45) is 4.99 Å². The lowest BCUT2D eigenvalue weighted by molar-refractivity contribution is -0.139. The molecule has 4 aromatic rings. The van der Waals surface area contributed by atoms with Crippen LogP contribution in [-0.2, 0) is 20.9 Å². The van der Waals surface area contributed by atoms with Crippen LogP contribution in [0.3, 0.4) is 0 Å². The SMILES string of the molecule is CCOC(=O)C1=C(C)N=c2s/c(=C/c3cc(Br)cc(OC)c3OCc3ccc(C(=O)OCC)cc3)c(=O)n2[C@@H]1c1ccc(OC(C)C)c(OC)c1. The van der Waals surface area contributed by atoms with Gasteiger partial charge in [0, 0.05) is 10.0 Å². The maximum Gasteiger partial charge on any atom is 0.338 e. The summed E-state index contributed by atoms with van der Waals surface area (Å²) in [5, 5.41) is 0. The highest BCUT2D eigenvalue weighted by Crippen LogP contribution is 2.38. The van der Waals surface area contributed by atoms with Gasteiger partial charge in [-0.15, -0.1) is 0 Å². The van der Waals surface area contributed by atoms with E-state index in [1.165, 1.54) is 30.1 Å². The quantitative estimate of drug-likeness (QED) is 0.148. The van der Waals surface area contributed by atoms with Crippen LogP contribution in [0.15, 0.2) is 80.1 Å². The number of rotatable bonds is 13. The Labute approximate surface area is 307 Å². The molecule has 1 aliphatic heterocycles. The molecular weight excluding hydrogens is 740 g/mol. The van der Waals surface area contributed by atoms with Crippen LogP contribution in [0.25, 0.3) is 6.08 Å². The van der Waals surface area contributed by atoms with Crippen molar-refractivity contribution >= 4 is 45.3 Å². The molecule has 1 aliphatic rings. The zero-order valence-electron chi connectivity index (χ0n) is 29.4. The van der Waals surface area contributed by atoms with Crippen molar-refractivity contribution in [2.75, 3.05) is 27.4 Å². The summed E-state index contributed by atoms with van der Waals surface area (Å²) in [6.07, 6.45) is 1.62. The molecule has 0 aliphatic carbocycles. The van der Waals surface area contributed by atoms with Crippen molar-refractivity contribution in [2.45, 2.75) is 53.4 Å². The minimum Gasteiger partial charge on any atom is -0.493 e. The van der Waals surface area contributed by atoms with Gasteiger partial charge in [-0.2, -0.15) is 0 Å². The molecule has 0 saturated heterocycles. The van der Waals surface area contributed by atoms with Gasteiger partial charge in [0.15, 0.2) is 27.8 Å². The van der Waals surface area contributed by atoms with E-state index < -0.39 is 18.0 Å². The van der Waals surface area contributed by atoms with Crippen LogP contribution in [-0.4, -0.2) is 50.0 Å². The van der Waals surface area contributed by atoms with Gasteiger partial charge < -0.3 is 28.4 Å². The zero-order chi connectivity index (χ0) is 36.8. The smallest absolute Gasteiger partial charge is 0.338 e. The standard InChI is InChI=1S/C38H39BrN2O9S/c1-8-47-36(43)24-12-10-23(11-13-24)20-49-34-26(16-27(39)19-30(34)46-7)18-31-35(42)41-33(25-14-15-28(50-21(3)4)29(17-25)45-6)32(37(44)48-9-2)22(5)40-38(41)51-31/h10-19,21,33H,8-9,20H2,1-7H3/b31-18+/t33-/m1/s1. The summed E-state index contributed by atoms with van der Waals surface area (Å²) in [4.78, 5) is 45.0. The fraction of sp³-hybridized carbons (Fsp3) is 0.316. The number of allylic oxidation sites excluding steroid dienone is 1. The predicted molar refractivity (Wildman–Crippen MR) is 197 cm³/mol. The van der Waals surface area contributed by atoms with Gasteiger partial charge in [0.05, 0.1) is 60.9 Å². The number of benzene rings is 3. The molecule has 0 N–H and O–H groups in total. The third kappa shape index (κ3) is 8.20. The first-order valence-electron chi connectivity index (χ1n) is 16.3. The van der Waals surface area contributed by atoms with Crippen molar-refractivity contribution in [3.63, 3.8) is 0 Å². The molecule has 0 amide bonds. The van der Waals surface area contributed by atoms with E-state index in [1.54, 1.807) is 69.3 Å². The lowest BCUT2D eigenvalue weighted by Crippen LogP contribution is -2.40. The fourth-order valence-electron chi connectivity index (χ4n) is 5.56. The third-order valence-corrected chi connectivity index (χ3v) is 9.23. The number of methoxy groups -OCH3 is 2. The van der Waals surface area contributed by atoms with E-state index >= 15 is 0 Å². The van der Waals surface area contributed by atoms with E-state index in [-0.39, 0.29) is 37.1 Å². The Morgan fingerprint density at radius 2 is 1.63 bits per heavy atom. The van der Waals surface area contributed by atoms with E-state index in [4.69, 9.17) is 33.4 Å². The summed E-state index contributed by atoms with van der Waals surface area (Å²) in [6.45, 7) is 9.64. The van der Waals surface area contributed by atoms with Crippen LogP contribution >= 0.6 is 27.3 Å². The fourth-order valence-corrected chi connectivity index (χ4v) is 7.05. The average molecular weight is 780 g/mol. The molecule has 11 nitrogen and oxygen atoms in total. The molecule has 13 heteroatoms. The molecule has 1 atom stereocenters. The van der Waals surface area contributed by atoms with E-state index in [0.29, 0.717) is 59.2 Å². The van der Waals surface area contributed by atoms with Gasteiger partial charge >= 0.3 is 11.9 Å². The number of carbonyl (C=O) groups is 2. The molecule has 5 rings (SSSR count). The number of nitrogens with zero attached hydrogens (tertiary/aromatic N) is 2. The second-order valence-electron chi connectivity index (χ2n) is 11.6. The Balaban J connectivity index is 1.61. The summed E-state index contributed by atoms with van der Waals surface area (Å²) in [5.74, 6) is 0.883. The number of hydrogen-bond donors (Lipinski definition) is 0. The minimum absolute atomic E-state index is 0.0953. The van der Waals surface area contributed by atoms with Gasteiger partial charge in [0.1, 0.15) is 6.61 Å². The van der Waals surface area contributed by atoms with E-state index in [2.05, 4.69) is 15.9 Å². The second-order valence-corrected chi connectivity index (χ2v) is 13.5.